The molecule has 0 amide bonds. The van der Waals surface area contributed by atoms with Crippen molar-refractivity contribution in [1.29, 1.82) is 0 Å². The largest absolute Gasteiger partial charge is 0.472 e. The SMILES string of the molecule is O=[N+](O)O. The number of nitrogens with zero attached hydrogens (tertiary/aromatic N) is 1. The minimum atomic E-state index is -1.25. The Morgan fingerprint density at radius 1 is 1.50 bits per heavy atom. The molecule has 0 fully saturated rings. The minimum Gasteiger partial charge on any atom is -0.201 e. The van der Waals surface area contributed by atoms with Crippen LogP contribution in [0.1, 0.15) is 0 Å². The minimum absolute atomic E-state index is 1.25. The second kappa shape index (κ2) is 0.655. The lowest BCUT2D eigenvalue weighted by Gasteiger charge is -1.45. The molecule has 0 aliphatic rings. The molecule has 0 saturated carbocycles. The zero-order valence-electron chi connectivity index (χ0n) is 1.75. The van der Waals surface area contributed by atoms with E-state index in [-0.39, 0.29) is 0 Å². The predicted molar refractivity (Wildman–Crippen MR) is 7.20 cm³/mol. The fourth-order valence-corrected chi connectivity index (χ4v) is 0. The highest BCUT2D eigenvalue weighted by molar-refractivity contribution is 3.56. The molecule has 0 spiro atoms. The van der Waals surface area contributed by atoms with Gasteiger partial charge in [-0.3, -0.25) is 0 Å². The summed E-state index contributed by atoms with van der Waals surface area (Å²) >= 11 is 0. The van der Waals surface area contributed by atoms with Crippen LogP contribution in [0.25, 0.3) is 0 Å². The highest BCUT2D eigenvalue weighted by Crippen LogP contribution is 1.31. The molecule has 2 N–H and O–H groups in total. The summed E-state index contributed by atoms with van der Waals surface area (Å²) in [5.41, 5.74) is 0. The van der Waals surface area contributed by atoms with Crippen LogP contribution in [0.4, 0.5) is 0 Å². The third kappa shape index (κ3) is 0.0750. The molecule has 24 valence electrons. The lowest BCUT2D eigenvalue weighted by atomic mass is 13.1. The fourth-order valence-electron chi connectivity index (χ4n) is 0. The van der Waals surface area contributed by atoms with Crippen LogP contribution in [0.5, 0.6) is 0 Å². The quantitative estimate of drug-likeness (QED) is 0.375. The van der Waals surface area contributed by atoms with Crippen LogP contribution in [-0.4, -0.2) is 15.5 Å². The number of rotatable bonds is 0. The van der Waals surface area contributed by atoms with Gasteiger partial charge in [0.2, 0.25) is 0 Å². The summed E-state index contributed by atoms with van der Waals surface area (Å²) in [5, 5.41) is 12.5. The molecule has 0 aliphatic heterocycles. The predicted octanol–water partition coefficient (Wildman–Crippen LogP) is -0.456. The van der Waals surface area contributed by atoms with Crippen molar-refractivity contribution < 1.29 is 15.5 Å². The van der Waals surface area contributed by atoms with Gasteiger partial charge in [-0.15, -0.1) is 0 Å². The average molecular weight is 64.0 g/mol. The van der Waals surface area contributed by atoms with Gasteiger partial charge >= 0.3 is 5.09 Å². The highest BCUT2D eigenvalue weighted by Gasteiger charge is 1.78. The Bertz CT molecular complexity index is 26.3. The summed E-state index contributed by atoms with van der Waals surface area (Å²) in [6.45, 7) is 0. The van der Waals surface area contributed by atoms with Gasteiger partial charge in [-0.05, 0) is 0 Å². The maximum atomic E-state index is 8.47. The molecule has 0 aliphatic carbocycles. The van der Waals surface area contributed by atoms with Gasteiger partial charge in [0.1, 0.15) is 4.91 Å². The molecule has 0 aromatic heterocycles. The van der Waals surface area contributed by atoms with Gasteiger partial charge in [-0.1, -0.05) is 0 Å². The summed E-state index contributed by atoms with van der Waals surface area (Å²) in [5.74, 6) is 0. The van der Waals surface area contributed by atoms with Crippen LogP contribution < -0.4 is 0 Å². The van der Waals surface area contributed by atoms with E-state index in [4.69, 9.17) is 15.3 Å². The molecule has 0 atom stereocenters. The first-order valence-corrected chi connectivity index (χ1v) is 0.583. The molecule has 0 saturated heterocycles. The lowest BCUT2D eigenvalue weighted by molar-refractivity contribution is -0.969. The van der Waals surface area contributed by atoms with Crippen molar-refractivity contribution in [3.8, 4) is 0 Å². The molecule has 4 heteroatoms. The van der Waals surface area contributed by atoms with Gasteiger partial charge in [0.15, 0.2) is 0 Å². The lowest BCUT2D eigenvalue weighted by Crippen LogP contribution is -1.87. The summed E-state index contributed by atoms with van der Waals surface area (Å²) < 4.78 is 0. The van der Waals surface area contributed by atoms with E-state index < -0.39 is 5.09 Å². The molecule has 4 nitrogen and oxygen atoms in total. The molecule has 0 radical (unpaired) electrons. The van der Waals surface area contributed by atoms with Gasteiger partial charge in [-0.25, -0.2) is 10.4 Å². The summed E-state index contributed by atoms with van der Waals surface area (Å²) in [6, 6.07) is 0. The average Bonchev–Trinajstić information content (AvgIpc) is 0.811. The molecule has 0 aromatic rings. The molecular weight excluding hydrogens is 62.0 g/mol. The van der Waals surface area contributed by atoms with E-state index in [0.29, 0.717) is 0 Å². The second-order valence-corrected chi connectivity index (χ2v) is 0.253. The van der Waals surface area contributed by atoms with Crippen LogP contribution in [-0.2, 0) is 0 Å². The zero-order valence-corrected chi connectivity index (χ0v) is 1.75. The first kappa shape index (κ1) is 3.20. The van der Waals surface area contributed by atoms with Crippen LogP contribution in [0.15, 0.2) is 0 Å². The van der Waals surface area contributed by atoms with Crippen molar-refractivity contribution in [2.24, 2.45) is 0 Å². The van der Waals surface area contributed by atoms with Gasteiger partial charge in [0, 0.05) is 0 Å². The molecule has 0 bridgehead atoms. The molecule has 0 aromatic carbocycles. The van der Waals surface area contributed by atoms with Gasteiger partial charge in [-0.2, -0.15) is 0 Å². The maximum absolute atomic E-state index is 8.47. The molecular formula is H2NO3+. The van der Waals surface area contributed by atoms with Crippen molar-refractivity contribution in [2.75, 3.05) is 0 Å². The van der Waals surface area contributed by atoms with Crippen molar-refractivity contribution in [3.63, 3.8) is 0 Å². The van der Waals surface area contributed by atoms with E-state index in [1.165, 1.54) is 0 Å². The third-order valence-electron chi connectivity index (χ3n) is 0. The topological polar surface area (TPSA) is 60.5 Å². The Morgan fingerprint density at radius 3 is 1.50 bits per heavy atom. The Hall–Kier alpha value is -0.800. The van der Waals surface area contributed by atoms with E-state index in [0.717, 1.165) is 0 Å². The Morgan fingerprint density at radius 2 is 1.50 bits per heavy atom. The smallest absolute Gasteiger partial charge is 0.201 e. The maximum Gasteiger partial charge on any atom is 0.472 e. The van der Waals surface area contributed by atoms with E-state index in [1.54, 1.807) is 0 Å². The Labute approximate surface area is 21.8 Å². The Balaban J connectivity index is 2.80. The van der Waals surface area contributed by atoms with E-state index in [9.17, 15) is 0 Å². The number of hydrogen-bond donors (Lipinski definition) is 2. The van der Waals surface area contributed by atoms with Crippen LogP contribution in [0, 0.1) is 4.91 Å². The molecule has 0 rings (SSSR count). The highest BCUT2D eigenvalue weighted by atomic mass is 16.9. The molecule has 4 heavy (non-hydrogen) atoms. The zero-order chi connectivity index (χ0) is 3.58. The summed E-state index contributed by atoms with van der Waals surface area (Å²) in [7, 11) is 0. The fraction of sp³-hybridized carbons (Fsp3) is 0. The molecule has 0 heterocycles. The van der Waals surface area contributed by atoms with Crippen LogP contribution >= 0.6 is 0 Å². The van der Waals surface area contributed by atoms with E-state index in [2.05, 4.69) is 0 Å². The van der Waals surface area contributed by atoms with Crippen molar-refractivity contribution in [1.82, 2.24) is 0 Å². The van der Waals surface area contributed by atoms with Crippen molar-refractivity contribution in [3.05, 3.63) is 4.91 Å². The Kier molecular flexibility index (Phi) is 0.524. The molecule has 0 unspecified atom stereocenters. The second-order valence-electron chi connectivity index (χ2n) is 0.253. The normalized spacial score (nSPS) is 6.00. The summed E-state index contributed by atoms with van der Waals surface area (Å²) in [4.78, 5) is 8.47. The standard InChI is InChI=1S/H2NO3/c2-1(3)4/h(H2,2,3,4)/q+1. The first-order chi connectivity index (χ1) is 1.73. The van der Waals surface area contributed by atoms with Crippen LogP contribution in [0.2, 0.25) is 0 Å². The van der Waals surface area contributed by atoms with Gasteiger partial charge in [0.05, 0.1) is 0 Å². The van der Waals surface area contributed by atoms with Crippen LogP contribution in [0.3, 0.4) is 0 Å². The summed E-state index contributed by atoms with van der Waals surface area (Å²) in [6.07, 6.45) is 0. The number of hydrogen-bond acceptors (Lipinski definition) is 1. The third-order valence-corrected chi connectivity index (χ3v) is 0. The van der Waals surface area contributed by atoms with Crippen molar-refractivity contribution >= 4 is 0 Å². The monoisotopic (exact) mass is 64.0 g/mol. The van der Waals surface area contributed by atoms with Gasteiger partial charge in [0.25, 0.3) is 0 Å². The van der Waals surface area contributed by atoms with Crippen molar-refractivity contribution in [2.45, 2.75) is 0 Å². The van der Waals surface area contributed by atoms with Gasteiger partial charge < -0.3 is 0 Å². The van der Waals surface area contributed by atoms with E-state index >= 15 is 0 Å². The van der Waals surface area contributed by atoms with E-state index in [1.807, 2.05) is 0 Å². The first-order valence-electron chi connectivity index (χ1n) is 0.583.